The maximum Gasteiger partial charge on any atom is 0.129 e. The van der Waals surface area contributed by atoms with Crippen molar-refractivity contribution in [2.75, 3.05) is 5.32 Å². The van der Waals surface area contributed by atoms with Crippen molar-refractivity contribution in [3.8, 4) is 0 Å². The number of benzene rings is 1. The number of hydrogen-bond donors (Lipinski definition) is 1. The summed E-state index contributed by atoms with van der Waals surface area (Å²) >= 11 is 0. The lowest BCUT2D eigenvalue weighted by Gasteiger charge is -2.35. The van der Waals surface area contributed by atoms with Gasteiger partial charge in [-0.2, -0.15) is 0 Å². The summed E-state index contributed by atoms with van der Waals surface area (Å²) < 4.78 is 0. The van der Waals surface area contributed by atoms with E-state index >= 15 is 0 Å². The monoisotopic (exact) mass is 268 g/mol. The van der Waals surface area contributed by atoms with Gasteiger partial charge in [0.1, 0.15) is 5.82 Å². The zero-order valence-corrected chi connectivity index (χ0v) is 12.7. The molecule has 0 saturated heterocycles. The van der Waals surface area contributed by atoms with Gasteiger partial charge in [-0.1, -0.05) is 32.0 Å². The van der Waals surface area contributed by atoms with Crippen molar-refractivity contribution in [2.45, 2.75) is 52.5 Å². The number of pyridine rings is 1. The molecule has 1 heterocycles. The Balaban J connectivity index is 1.79. The molecule has 0 spiro atoms. The molecular weight excluding hydrogens is 244 g/mol. The number of rotatable bonds is 2. The van der Waals surface area contributed by atoms with E-state index in [1.165, 1.54) is 36.6 Å². The molecule has 106 valence electrons. The Morgan fingerprint density at radius 3 is 2.60 bits per heavy atom. The topological polar surface area (TPSA) is 24.9 Å². The first-order chi connectivity index (χ1) is 9.53. The summed E-state index contributed by atoms with van der Waals surface area (Å²) in [5, 5.41) is 4.89. The molecule has 0 amide bonds. The number of aryl methyl sites for hydroxylation is 1. The van der Waals surface area contributed by atoms with Crippen molar-refractivity contribution >= 4 is 16.7 Å². The van der Waals surface area contributed by atoms with E-state index in [1.807, 2.05) is 0 Å². The van der Waals surface area contributed by atoms with E-state index in [0.29, 0.717) is 11.5 Å². The molecule has 0 aliphatic heterocycles. The van der Waals surface area contributed by atoms with E-state index in [1.54, 1.807) is 0 Å². The number of aromatic nitrogens is 1. The summed E-state index contributed by atoms with van der Waals surface area (Å²) in [6.45, 7) is 6.90. The Morgan fingerprint density at radius 1 is 1.15 bits per heavy atom. The van der Waals surface area contributed by atoms with Gasteiger partial charge in [-0.15, -0.1) is 0 Å². The van der Waals surface area contributed by atoms with Crippen LogP contribution in [0.15, 0.2) is 30.3 Å². The molecule has 1 saturated carbocycles. The average molecular weight is 268 g/mol. The van der Waals surface area contributed by atoms with Crippen LogP contribution < -0.4 is 5.32 Å². The second-order valence-electron chi connectivity index (χ2n) is 6.93. The molecule has 0 radical (unpaired) electrons. The number of fused-ring (bicyclic) bond motifs is 1. The second-order valence-corrected chi connectivity index (χ2v) is 6.93. The third-order valence-electron chi connectivity index (χ3n) is 4.59. The minimum atomic E-state index is 0.518. The van der Waals surface area contributed by atoms with Gasteiger partial charge in [-0.05, 0) is 55.7 Å². The molecular formula is C18H24N2. The Bertz CT molecular complexity index is 606. The Labute approximate surface area is 121 Å². The Hall–Kier alpha value is -1.57. The van der Waals surface area contributed by atoms with E-state index in [0.717, 1.165) is 11.3 Å². The fraction of sp³-hybridized carbons (Fsp3) is 0.500. The Kier molecular flexibility index (Phi) is 3.41. The van der Waals surface area contributed by atoms with Crippen LogP contribution in [0.2, 0.25) is 0 Å². The lowest BCUT2D eigenvalue weighted by atomic mass is 9.75. The maximum atomic E-state index is 4.79. The van der Waals surface area contributed by atoms with Crippen LogP contribution >= 0.6 is 0 Å². The number of anilines is 1. The van der Waals surface area contributed by atoms with Crippen LogP contribution in [-0.2, 0) is 0 Å². The third kappa shape index (κ3) is 2.79. The molecule has 3 rings (SSSR count). The van der Waals surface area contributed by atoms with Gasteiger partial charge in [0.25, 0.3) is 0 Å². The molecule has 0 unspecified atom stereocenters. The molecule has 1 aromatic heterocycles. The summed E-state index contributed by atoms with van der Waals surface area (Å²) in [5.74, 6) is 1.06. The minimum Gasteiger partial charge on any atom is -0.367 e. The van der Waals surface area contributed by atoms with E-state index in [4.69, 9.17) is 4.98 Å². The fourth-order valence-electron chi connectivity index (χ4n) is 3.10. The van der Waals surface area contributed by atoms with Crippen molar-refractivity contribution in [1.82, 2.24) is 4.98 Å². The summed E-state index contributed by atoms with van der Waals surface area (Å²) in [6, 6.07) is 11.1. The van der Waals surface area contributed by atoms with E-state index in [-0.39, 0.29) is 0 Å². The summed E-state index contributed by atoms with van der Waals surface area (Å²) in [7, 11) is 0. The van der Waals surface area contributed by atoms with Gasteiger partial charge < -0.3 is 5.32 Å². The molecule has 2 heteroatoms. The predicted molar refractivity (Wildman–Crippen MR) is 86.1 cm³/mol. The fourth-order valence-corrected chi connectivity index (χ4v) is 3.10. The van der Waals surface area contributed by atoms with E-state index in [2.05, 4.69) is 56.4 Å². The van der Waals surface area contributed by atoms with Crippen LogP contribution in [0.1, 0.15) is 45.1 Å². The first-order valence-corrected chi connectivity index (χ1v) is 7.66. The zero-order valence-electron chi connectivity index (χ0n) is 12.7. The van der Waals surface area contributed by atoms with Crippen LogP contribution in [0, 0.1) is 12.3 Å². The van der Waals surface area contributed by atoms with Gasteiger partial charge in [-0.3, -0.25) is 0 Å². The average Bonchev–Trinajstić information content (AvgIpc) is 2.42. The lowest BCUT2D eigenvalue weighted by Crippen LogP contribution is -2.30. The predicted octanol–water partition coefficient (Wildman–Crippen LogP) is 4.92. The minimum absolute atomic E-state index is 0.518. The van der Waals surface area contributed by atoms with Crippen molar-refractivity contribution in [1.29, 1.82) is 0 Å². The van der Waals surface area contributed by atoms with Gasteiger partial charge in [0, 0.05) is 11.4 Å². The van der Waals surface area contributed by atoms with Gasteiger partial charge in [0.05, 0.1) is 5.52 Å². The first-order valence-electron chi connectivity index (χ1n) is 7.66. The van der Waals surface area contributed by atoms with Crippen LogP contribution in [-0.4, -0.2) is 11.0 Å². The van der Waals surface area contributed by atoms with Gasteiger partial charge >= 0.3 is 0 Å². The van der Waals surface area contributed by atoms with Crippen molar-refractivity contribution in [3.05, 3.63) is 35.9 Å². The molecule has 1 aliphatic rings. The van der Waals surface area contributed by atoms with Crippen molar-refractivity contribution < 1.29 is 0 Å². The number of nitrogens with one attached hydrogen (secondary N) is 1. The SMILES string of the molecule is Cc1cc2ccccc2nc1NC1CCC(C)(C)CC1. The molecule has 0 atom stereocenters. The molecule has 1 fully saturated rings. The molecule has 0 bridgehead atoms. The van der Waals surface area contributed by atoms with Crippen LogP contribution in [0.3, 0.4) is 0 Å². The van der Waals surface area contributed by atoms with Crippen LogP contribution in [0.25, 0.3) is 10.9 Å². The van der Waals surface area contributed by atoms with Gasteiger partial charge in [0.2, 0.25) is 0 Å². The lowest BCUT2D eigenvalue weighted by molar-refractivity contribution is 0.232. The quantitative estimate of drug-likeness (QED) is 0.836. The van der Waals surface area contributed by atoms with Crippen LogP contribution in [0.5, 0.6) is 0 Å². The highest BCUT2D eigenvalue weighted by Gasteiger charge is 2.27. The number of hydrogen-bond acceptors (Lipinski definition) is 2. The normalized spacial score (nSPS) is 19.1. The summed E-state index contributed by atoms with van der Waals surface area (Å²) in [4.78, 5) is 4.79. The van der Waals surface area contributed by atoms with E-state index in [9.17, 15) is 0 Å². The van der Waals surface area contributed by atoms with Crippen molar-refractivity contribution in [3.63, 3.8) is 0 Å². The summed E-state index contributed by atoms with van der Waals surface area (Å²) in [6.07, 6.45) is 5.11. The molecule has 20 heavy (non-hydrogen) atoms. The van der Waals surface area contributed by atoms with Gasteiger partial charge in [-0.25, -0.2) is 4.98 Å². The van der Waals surface area contributed by atoms with Crippen LogP contribution in [0.4, 0.5) is 5.82 Å². The maximum absolute atomic E-state index is 4.79. The molecule has 2 aromatic rings. The smallest absolute Gasteiger partial charge is 0.129 e. The first kappa shape index (κ1) is 13.4. The van der Waals surface area contributed by atoms with E-state index < -0.39 is 0 Å². The highest BCUT2D eigenvalue weighted by Crippen LogP contribution is 2.36. The standard InChI is InChI=1S/C18H24N2/c1-13-12-14-6-4-5-7-16(14)20-17(13)19-15-8-10-18(2,3)11-9-15/h4-7,12,15H,8-11H2,1-3H3,(H,19,20). The third-order valence-corrected chi connectivity index (χ3v) is 4.59. The van der Waals surface area contributed by atoms with Gasteiger partial charge in [0.15, 0.2) is 0 Å². The largest absolute Gasteiger partial charge is 0.367 e. The highest BCUT2D eigenvalue weighted by molar-refractivity contribution is 5.81. The zero-order chi connectivity index (χ0) is 14.2. The second kappa shape index (κ2) is 5.08. The number of para-hydroxylation sites is 1. The molecule has 1 aliphatic carbocycles. The molecule has 1 N–H and O–H groups in total. The number of nitrogens with zero attached hydrogens (tertiary/aromatic N) is 1. The van der Waals surface area contributed by atoms with Crippen molar-refractivity contribution in [2.24, 2.45) is 5.41 Å². The molecule has 1 aromatic carbocycles. The molecule has 2 nitrogen and oxygen atoms in total. The Morgan fingerprint density at radius 2 is 1.85 bits per heavy atom. The highest BCUT2D eigenvalue weighted by atomic mass is 15.0. The summed E-state index contributed by atoms with van der Waals surface area (Å²) in [5.41, 5.74) is 2.84.